The van der Waals surface area contributed by atoms with Gasteiger partial charge in [0.05, 0.1) is 12.7 Å². The SMILES string of the molecule is CC(C)(CCOC1CCN(C(=O)OC(C)(C)C)CC1)CC(C)(C)COI. The van der Waals surface area contributed by atoms with E-state index in [0.29, 0.717) is 13.1 Å². The van der Waals surface area contributed by atoms with Crippen molar-refractivity contribution in [3.63, 3.8) is 0 Å². The van der Waals surface area contributed by atoms with Crippen molar-refractivity contribution in [2.75, 3.05) is 26.3 Å². The minimum absolute atomic E-state index is 0.170. The summed E-state index contributed by atoms with van der Waals surface area (Å²) in [6.07, 6.45) is 3.93. The van der Waals surface area contributed by atoms with Gasteiger partial charge in [-0.05, 0) is 57.3 Å². The van der Waals surface area contributed by atoms with Crippen molar-refractivity contribution >= 4 is 29.1 Å². The van der Waals surface area contributed by atoms with Crippen molar-refractivity contribution in [3.05, 3.63) is 0 Å². The van der Waals surface area contributed by atoms with E-state index in [4.69, 9.17) is 12.5 Å². The molecule has 1 rings (SSSR count). The van der Waals surface area contributed by atoms with E-state index in [2.05, 4.69) is 27.7 Å². The van der Waals surface area contributed by atoms with E-state index in [1.807, 2.05) is 43.8 Å². The standard InChI is InChI=1S/C20H38INO4/c1-18(2,3)26-17(23)22-11-8-16(9-12-22)24-13-10-19(4,5)14-20(6,7)15-25-21/h16H,8-15H2,1-7H3. The molecular formula is C20H38INO4. The van der Waals surface area contributed by atoms with E-state index in [0.717, 1.165) is 38.9 Å². The molecule has 0 unspecified atom stereocenters. The summed E-state index contributed by atoms with van der Waals surface area (Å²) in [7, 11) is 0. The monoisotopic (exact) mass is 483 g/mol. The number of ether oxygens (including phenoxy) is 2. The topological polar surface area (TPSA) is 48.0 Å². The fraction of sp³-hybridized carbons (Fsp3) is 0.950. The average Bonchev–Trinajstić information content (AvgIpc) is 2.44. The molecule has 1 saturated heterocycles. The third-order valence-electron chi connectivity index (χ3n) is 4.63. The summed E-state index contributed by atoms with van der Waals surface area (Å²) in [5.41, 5.74) is -0.0501. The lowest BCUT2D eigenvalue weighted by Crippen LogP contribution is -2.43. The van der Waals surface area contributed by atoms with Crippen LogP contribution in [0.4, 0.5) is 4.79 Å². The molecule has 1 aliphatic heterocycles. The first kappa shape index (κ1) is 24.0. The Morgan fingerprint density at radius 1 is 1.04 bits per heavy atom. The molecule has 1 aliphatic rings. The second-order valence-electron chi connectivity index (χ2n) is 10.0. The number of nitrogens with zero attached hydrogens (tertiary/aromatic N) is 1. The summed E-state index contributed by atoms with van der Waals surface area (Å²) in [6.45, 7) is 17.8. The third-order valence-corrected chi connectivity index (χ3v) is 4.94. The van der Waals surface area contributed by atoms with E-state index in [9.17, 15) is 4.79 Å². The highest BCUT2D eigenvalue weighted by Gasteiger charge is 2.30. The number of piperidine rings is 1. The minimum Gasteiger partial charge on any atom is -0.444 e. The Balaban J connectivity index is 2.30. The Morgan fingerprint density at radius 3 is 2.12 bits per heavy atom. The van der Waals surface area contributed by atoms with Crippen molar-refractivity contribution in [1.82, 2.24) is 4.90 Å². The summed E-state index contributed by atoms with van der Waals surface area (Å²) < 4.78 is 16.9. The lowest BCUT2D eigenvalue weighted by molar-refractivity contribution is -0.0198. The van der Waals surface area contributed by atoms with Crippen LogP contribution in [-0.4, -0.2) is 49.0 Å². The predicted octanol–water partition coefficient (Wildman–Crippen LogP) is 5.60. The molecule has 0 aromatic rings. The summed E-state index contributed by atoms with van der Waals surface area (Å²) in [5, 5.41) is 0. The second-order valence-corrected chi connectivity index (χ2v) is 10.7. The van der Waals surface area contributed by atoms with Gasteiger partial charge in [-0.15, -0.1) is 0 Å². The van der Waals surface area contributed by atoms with Crippen LogP contribution in [0.15, 0.2) is 0 Å². The predicted molar refractivity (Wildman–Crippen MR) is 114 cm³/mol. The molecule has 0 bridgehead atoms. The van der Waals surface area contributed by atoms with Crippen LogP contribution in [0.3, 0.4) is 0 Å². The van der Waals surface area contributed by atoms with Gasteiger partial charge in [0.2, 0.25) is 0 Å². The molecule has 0 radical (unpaired) electrons. The van der Waals surface area contributed by atoms with Gasteiger partial charge in [0.1, 0.15) is 28.6 Å². The first-order valence-electron chi connectivity index (χ1n) is 9.67. The zero-order chi connectivity index (χ0) is 20.0. The van der Waals surface area contributed by atoms with Gasteiger partial charge in [-0.2, -0.15) is 0 Å². The van der Waals surface area contributed by atoms with E-state index in [1.54, 1.807) is 4.90 Å². The van der Waals surface area contributed by atoms with Gasteiger partial charge in [-0.1, -0.05) is 27.7 Å². The zero-order valence-electron chi connectivity index (χ0n) is 17.7. The molecule has 154 valence electrons. The van der Waals surface area contributed by atoms with E-state index in [-0.39, 0.29) is 23.0 Å². The highest BCUT2D eigenvalue weighted by atomic mass is 127. The van der Waals surface area contributed by atoms with Crippen molar-refractivity contribution in [2.45, 2.75) is 85.9 Å². The van der Waals surface area contributed by atoms with Gasteiger partial charge in [-0.3, -0.25) is 0 Å². The van der Waals surface area contributed by atoms with E-state index >= 15 is 0 Å². The van der Waals surface area contributed by atoms with Crippen LogP contribution >= 0.6 is 23.0 Å². The van der Waals surface area contributed by atoms with Gasteiger partial charge in [0, 0.05) is 19.7 Å². The Morgan fingerprint density at radius 2 is 1.62 bits per heavy atom. The highest BCUT2D eigenvalue weighted by Crippen LogP contribution is 2.37. The number of hydrogen-bond donors (Lipinski definition) is 0. The van der Waals surface area contributed by atoms with Crippen molar-refractivity contribution < 1.29 is 17.3 Å². The normalized spacial score (nSPS) is 17.5. The molecule has 5 nitrogen and oxygen atoms in total. The third kappa shape index (κ3) is 9.74. The highest BCUT2D eigenvalue weighted by molar-refractivity contribution is 14.1. The van der Waals surface area contributed by atoms with E-state index in [1.165, 1.54) is 0 Å². The number of hydrogen-bond acceptors (Lipinski definition) is 4. The molecule has 1 fully saturated rings. The number of likely N-dealkylation sites (tertiary alicyclic amines) is 1. The number of carbonyl (C=O) groups is 1. The maximum absolute atomic E-state index is 12.1. The van der Waals surface area contributed by atoms with Crippen molar-refractivity contribution in [2.24, 2.45) is 10.8 Å². The molecule has 0 spiro atoms. The van der Waals surface area contributed by atoms with Crippen LogP contribution in [0.2, 0.25) is 0 Å². The molecule has 0 N–H and O–H groups in total. The Labute approximate surface area is 174 Å². The smallest absolute Gasteiger partial charge is 0.410 e. The molecule has 6 heteroatoms. The van der Waals surface area contributed by atoms with Gasteiger partial charge in [-0.25, -0.2) is 4.79 Å². The number of amides is 1. The van der Waals surface area contributed by atoms with Gasteiger partial charge < -0.3 is 17.4 Å². The summed E-state index contributed by atoms with van der Waals surface area (Å²) in [5.74, 6) is 0. The minimum atomic E-state index is -0.438. The molecule has 0 atom stereocenters. The quantitative estimate of drug-likeness (QED) is 0.422. The molecule has 1 heterocycles. The maximum Gasteiger partial charge on any atom is 0.410 e. The first-order valence-corrected chi connectivity index (χ1v) is 10.5. The van der Waals surface area contributed by atoms with Gasteiger partial charge >= 0.3 is 6.09 Å². The summed E-state index contributed by atoms with van der Waals surface area (Å²) in [6, 6.07) is 0. The first-order chi connectivity index (χ1) is 11.8. The summed E-state index contributed by atoms with van der Waals surface area (Å²) in [4.78, 5) is 13.9. The lowest BCUT2D eigenvalue weighted by Gasteiger charge is -2.36. The van der Waals surface area contributed by atoms with Gasteiger partial charge in [0.25, 0.3) is 0 Å². The average molecular weight is 483 g/mol. The van der Waals surface area contributed by atoms with Gasteiger partial charge in [0.15, 0.2) is 0 Å². The fourth-order valence-corrected chi connectivity index (χ4v) is 4.46. The molecule has 1 amide bonds. The second kappa shape index (κ2) is 9.92. The molecular weight excluding hydrogens is 445 g/mol. The number of carbonyl (C=O) groups excluding carboxylic acids is 1. The lowest BCUT2D eigenvalue weighted by atomic mass is 9.74. The summed E-state index contributed by atoms with van der Waals surface area (Å²) >= 11 is 1.97. The molecule has 26 heavy (non-hydrogen) atoms. The van der Waals surface area contributed by atoms with Crippen molar-refractivity contribution in [1.29, 1.82) is 0 Å². The fourth-order valence-electron chi connectivity index (χ4n) is 3.62. The number of rotatable bonds is 8. The van der Waals surface area contributed by atoms with Crippen LogP contribution in [0.1, 0.15) is 74.1 Å². The van der Waals surface area contributed by atoms with Crippen LogP contribution in [-0.2, 0) is 12.5 Å². The Kier molecular flexibility index (Phi) is 9.14. The molecule has 0 aromatic heterocycles. The van der Waals surface area contributed by atoms with Crippen molar-refractivity contribution in [3.8, 4) is 0 Å². The maximum atomic E-state index is 12.1. The Bertz CT molecular complexity index is 438. The van der Waals surface area contributed by atoms with Crippen LogP contribution < -0.4 is 0 Å². The van der Waals surface area contributed by atoms with Crippen LogP contribution in [0.5, 0.6) is 0 Å². The largest absolute Gasteiger partial charge is 0.444 e. The van der Waals surface area contributed by atoms with Crippen LogP contribution in [0.25, 0.3) is 0 Å². The molecule has 0 aromatic carbocycles. The molecule has 0 saturated carbocycles. The van der Waals surface area contributed by atoms with Crippen LogP contribution in [0, 0.1) is 10.8 Å². The zero-order valence-corrected chi connectivity index (χ0v) is 19.8. The molecule has 0 aliphatic carbocycles. The Hall–Kier alpha value is -0.0800. The van der Waals surface area contributed by atoms with E-state index < -0.39 is 5.60 Å². The number of halogens is 1.